The van der Waals surface area contributed by atoms with E-state index in [1.165, 1.54) is 0 Å². The van der Waals surface area contributed by atoms with Crippen LogP contribution in [-0.2, 0) is 13.0 Å². The molecule has 0 saturated carbocycles. The number of fused-ring (bicyclic) bond motifs is 2. The molecule has 0 saturated heterocycles. The highest BCUT2D eigenvalue weighted by atomic mass is 16.7. The first kappa shape index (κ1) is 25.8. The molecule has 0 fully saturated rings. The number of methoxy groups -OCH3 is 3. The second-order valence-electron chi connectivity index (χ2n) is 8.91. The van der Waals surface area contributed by atoms with Crippen molar-refractivity contribution in [1.29, 1.82) is 0 Å². The van der Waals surface area contributed by atoms with Gasteiger partial charge in [-0.25, -0.2) is 4.79 Å². The van der Waals surface area contributed by atoms with Crippen LogP contribution in [0.4, 0.5) is 10.5 Å². The number of ether oxygens (including phenoxy) is 5. The Hall–Kier alpha value is -4.86. The molecule has 0 spiro atoms. The second kappa shape index (κ2) is 11.3. The lowest BCUT2D eigenvalue weighted by atomic mass is 10.1. The van der Waals surface area contributed by atoms with Gasteiger partial charge in [-0.1, -0.05) is 18.2 Å². The van der Waals surface area contributed by atoms with Crippen LogP contribution in [0.3, 0.4) is 0 Å². The van der Waals surface area contributed by atoms with Gasteiger partial charge in [0.05, 0.1) is 39.1 Å². The van der Waals surface area contributed by atoms with E-state index in [1.807, 2.05) is 36.4 Å². The smallest absolute Gasteiger partial charge is 0.322 e. The van der Waals surface area contributed by atoms with Crippen LogP contribution in [0.1, 0.15) is 11.1 Å². The molecule has 3 aromatic carbocycles. The van der Waals surface area contributed by atoms with Crippen LogP contribution in [0, 0.1) is 0 Å². The predicted molar refractivity (Wildman–Crippen MR) is 146 cm³/mol. The SMILES string of the molecule is COc1ccccc1NC(=O)N(CCc1ccc(OC)c(OC)c1)Cc1cc2cc3c(cc2[nH]c1=O)OCO3. The molecule has 202 valence electrons. The van der Waals surface area contributed by atoms with Crippen molar-refractivity contribution in [2.45, 2.75) is 13.0 Å². The van der Waals surface area contributed by atoms with E-state index < -0.39 is 0 Å². The van der Waals surface area contributed by atoms with Crippen molar-refractivity contribution in [1.82, 2.24) is 9.88 Å². The fraction of sp³-hybridized carbons (Fsp3) is 0.241. The van der Waals surface area contributed by atoms with Gasteiger partial charge in [0.15, 0.2) is 23.0 Å². The number of nitrogens with zero attached hydrogens (tertiary/aromatic N) is 1. The Morgan fingerprint density at radius 2 is 1.67 bits per heavy atom. The average molecular weight is 532 g/mol. The molecule has 1 aromatic heterocycles. The van der Waals surface area contributed by atoms with Gasteiger partial charge in [-0.15, -0.1) is 0 Å². The summed E-state index contributed by atoms with van der Waals surface area (Å²) in [7, 11) is 4.70. The van der Waals surface area contributed by atoms with E-state index in [-0.39, 0.29) is 24.9 Å². The van der Waals surface area contributed by atoms with Crippen molar-refractivity contribution in [2.24, 2.45) is 0 Å². The standard InChI is InChI=1S/C29H29N3O7/c1-35-23-7-5-4-6-21(23)31-29(34)32(11-10-18-8-9-24(36-2)25(12-18)37-3)16-20-13-19-14-26-27(39-17-38-26)15-22(19)30-28(20)33/h4-9,12-15H,10-11,16-17H2,1-3H3,(H,30,33)(H,31,34). The summed E-state index contributed by atoms with van der Waals surface area (Å²) in [6.07, 6.45) is 0.518. The summed E-state index contributed by atoms with van der Waals surface area (Å²) in [4.78, 5) is 31.1. The molecule has 1 aliphatic heterocycles. The molecule has 0 radical (unpaired) electrons. The van der Waals surface area contributed by atoms with Crippen LogP contribution in [-0.4, -0.2) is 50.6 Å². The van der Waals surface area contributed by atoms with Crippen LogP contribution in [0.5, 0.6) is 28.7 Å². The summed E-state index contributed by atoms with van der Waals surface area (Å²) in [5.74, 6) is 2.95. The number of H-pyrrole nitrogens is 1. The van der Waals surface area contributed by atoms with Crippen LogP contribution in [0.15, 0.2) is 65.5 Å². The maximum Gasteiger partial charge on any atom is 0.322 e. The number of aromatic nitrogens is 1. The third-order valence-corrected chi connectivity index (χ3v) is 6.53. The Morgan fingerprint density at radius 1 is 0.923 bits per heavy atom. The minimum Gasteiger partial charge on any atom is -0.495 e. The van der Waals surface area contributed by atoms with E-state index in [4.69, 9.17) is 23.7 Å². The monoisotopic (exact) mass is 531 g/mol. The normalized spacial score (nSPS) is 11.8. The number of amides is 2. The fourth-order valence-corrected chi connectivity index (χ4v) is 4.46. The van der Waals surface area contributed by atoms with Gasteiger partial charge in [-0.3, -0.25) is 4.79 Å². The number of rotatable bonds is 9. The number of benzene rings is 3. The molecular weight excluding hydrogens is 502 g/mol. The maximum atomic E-state index is 13.5. The van der Waals surface area contributed by atoms with Gasteiger partial charge in [0.2, 0.25) is 6.79 Å². The topological polar surface area (TPSA) is 111 Å². The van der Waals surface area contributed by atoms with Gasteiger partial charge < -0.3 is 38.9 Å². The van der Waals surface area contributed by atoms with E-state index in [1.54, 1.807) is 50.5 Å². The van der Waals surface area contributed by atoms with E-state index in [0.717, 1.165) is 10.9 Å². The summed E-state index contributed by atoms with van der Waals surface area (Å²) < 4.78 is 27.1. The van der Waals surface area contributed by atoms with E-state index >= 15 is 0 Å². The zero-order valence-corrected chi connectivity index (χ0v) is 21.9. The Balaban J connectivity index is 1.43. The molecule has 10 nitrogen and oxygen atoms in total. The number of para-hydroxylation sites is 2. The molecule has 2 amide bonds. The summed E-state index contributed by atoms with van der Waals surface area (Å²) >= 11 is 0. The lowest BCUT2D eigenvalue weighted by molar-refractivity contribution is 0.174. The summed E-state index contributed by atoms with van der Waals surface area (Å²) in [6, 6.07) is 17.7. The Kier molecular flexibility index (Phi) is 7.44. The lowest BCUT2D eigenvalue weighted by Gasteiger charge is -2.24. The molecule has 5 rings (SSSR count). The molecule has 39 heavy (non-hydrogen) atoms. The van der Waals surface area contributed by atoms with Crippen molar-refractivity contribution in [2.75, 3.05) is 40.0 Å². The summed E-state index contributed by atoms with van der Waals surface area (Å²) in [5.41, 5.74) is 2.25. The highest BCUT2D eigenvalue weighted by molar-refractivity contribution is 5.91. The summed E-state index contributed by atoms with van der Waals surface area (Å²) in [5, 5.41) is 3.69. The number of hydrogen-bond donors (Lipinski definition) is 2. The minimum absolute atomic E-state index is 0.0774. The quantitative estimate of drug-likeness (QED) is 0.326. The Bertz CT molecular complexity index is 1570. The molecular formula is C29H29N3O7. The van der Waals surface area contributed by atoms with Crippen LogP contribution in [0.25, 0.3) is 10.9 Å². The number of nitrogens with one attached hydrogen (secondary N) is 2. The fourth-order valence-electron chi connectivity index (χ4n) is 4.46. The number of aromatic amines is 1. The van der Waals surface area contributed by atoms with Crippen molar-refractivity contribution in [3.8, 4) is 28.7 Å². The van der Waals surface area contributed by atoms with E-state index in [9.17, 15) is 9.59 Å². The highest BCUT2D eigenvalue weighted by Gasteiger charge is 2.20. The molecule has 4 aromatic rings. The number of urea groups is 1. The third-order valence-electron chi connectivity index (χ3n) is 6.53. The summed E-state index contributed by atoms with van der Waals surface area (Å²) in [6.45, 7) is 0.541. The average Bonchev–Trinajstić information content (AvgIpc) is 3.41. The van der Waals surface area contributed by atoms with Gasteiger partial charge >= 0.3 is 6.03 Å². The number of hydrogen-bond acceptors (Lipinski definition) is 7. The number of anilines is 1. The second-order valence-corrected chi connectivity index (χ2v) is 8.91. The first-order valence-electron chi connectivity index (χ1n) is 12.3. The molecule has 2 N–H and O–H groups in total. The zero-order chi connectivity index (χ0) is 27.4. The van der Waals surface area contributed by atoms with Crippen LogP contribution < -0.4 is 34.6 Å². The van der Waals surface area contributed by atoms with E-state index in [0.29, 0.717) is 58.5 Å². The molecule has 1 aliphatic rings. The number of carbonyl (C=O) groups excluding carboxylic acids is 1. The number of carbonyl (C=O) groups is 1. The molecule has 0 bridgehead atoms. The Morgan fingerprint density at radius 3 is 2.44 bits per heavy atom. The first-order chi connectivity index (χ1) is 19.0. The van der Waals surface area contributed by atoms with Crippen molar-refractivity contribution < 1.29 is 28.5 Å². The van der Waals surface area contributed by atoms with Gasteiger partial charge in [-0.2, -0.15) is 0 Å². The third kappa shape index (κ3) is 5.54. The predicted octanol–water partition coefficient (Wildman–Crippen LogP) is 4.56. The molecule has 10 heteroatoms. The van der Waals surface area contributed by atoms with Crippen molar-refractivity contribution in [3.05, 3.63) is 82.1 Å². The Labute approximate surface area is 225 Å². The molecule has 0 unspecified atom stereocenters. The highest BCUT2D eigenvalue weighted by Crippen LogP contribution is 2.35. The van der Waals surface area contributed by atoms with Gasteiger partial charge in [0.25, 0.3) is 5.56 Å². The van der Waals surface area contributed by atoms with Crippen molar-refractivity contribution >= 4 is 22.6 Å². The lowest BCUT2D eigenvalue weighted by Crippen LogP contribution is -2.37. The molecule has 0 atom stereocenters. The molecule has 0 aliphatic carbocycles. The first-order valence-corrected chi connectivity index (χ1v) is 12.3. The number of pyridine rings is 1. The van der Waals surface area contributed by atoms with Gasteiger partial charge in [-0.05, 0) is 48.4 Å². The van der Waals surface area contributed by atoms with Crippen LogP contribution in [0.2, 0.25) is 0 Å². The zero-order valence-electron chi connectivity index (χ0n) is 21.9. The van der Waals surface area contributed by atoms with E-state index in [2.05, 4.69) is 10.3 Å². The minimum atomic E-state index is -0.370. The maximum absolute atomic E-state index is 13.5. The van der Waals surface area contributed by atoms with Gasteiger partial charge in [0.1, 0.15) is 5.75 Å². The van der Waals surface area contributed by atoms with Gasteiger partial charge in [0, 0.05) is 23.6 Å². The van der Waals surface area contributed by atoms with Crippen LogP contribution >= 0.6 is 0 Å². The largest absolute Gasteiger partial charge is 0.495 e. The molecule has 2 heterocycles. The van der Waals surface area contributed by atoms with Crippen molar-refractivity contribution in [3.63, 3.8) is 0 Å².